The van der Waals surface area contributed by atoms with Gasteiger partial charge in [0.25, 0.3) is 5.91 Å². The molecule has 0 spiro atoms. The van der Waals surface area contributed by atoms with Gasteiger partial charge in [0.2, 0.25) is 0 Å². The van der Waals surface area contributed by atoms with Crippen LogP contribution in [-0.4, -0.2) is 24.1 Å². The first-order valence-corrected chi connectivity index (χ1v) is 5.38. The summed E-state index contributed by atoms with van der Waals surface area (Å²) in [5.41, 5.74) is 0.319. The number of carboxylic acid groups (broad SMARTS) is 1. The predicted molar refractivity (Wildman–Crippen MR) is 66.6 cm³/mol. The lowest BCUT2D eigenvalue weighted by atomic mass is 10.2. The third kappa shape index (κ3) is 2.74. The summed E-state index contributed by atoms with van der Waals surface area (Å²) in [6.45, 7) is 0. The molecule has 1 heterocycles. The molecule has 6 heteroatoms. The van der Waals surface area contributed by atoms with Crippen LogP contribution in [0.1, 0.15) is 20.9 Å². The largest absolute Gasteiger partial charge is 0.495 e. The molecule has 1 aromatic heterocycles. The molecule has 0 saturated carbocycles. The molecule has 0 atom stereocenters. The van der Waals surface area contributed by atoms with E-state index in [2.05, 4.69) is 5.32 Å². The lowest BCUT2D eigenvalue weighted by Crippen LogP contribution is -2.12. The van der Waals surface area contributed by atoms with Crippen molar-refractivity contribution in [2.24, 2.45) is 0 Å². The van der Waals surface area contributed by atoms with Gasteiger partial charge in [0.1, 0.15) is 5.75 Å². The fourth-order valence-corrected chi connectivity index (χ4v) is 1.53. The summed E-state index contributed by atoms with van der Waals surface area (Å²) >= 11 is 0. The Morgan fingerprint density at radius 2 is 2.11 bits per heavy atom. The van der Waals surface area contributed by atoms with E-state index in [4.69, 9.17) is 14.3 Å². The number of nitrogens with one attached hydrogen (secondary N) is 1. The van der Waals surface area contributed by atoms with E-state index in [1.54, 1.807) is 6.07 Å². The average Bonchev–Trinajstić information content (AvgIpc) is 2.92. The maximum atomic E-state index is 11.8. The number of furan rings is 1. The molecule has 6 nitrogen and oxygen atoms in total. The minimum Gasteiger partial charge on any atom is -0.495 e. The van der Waals surface area contributed by atoms with Crippen LogP contribution in [0.15, 0.2) is 41.0 Å². The third-order valence-electron chi connectivity index (χ3n) is 2.44. The number of hydrogen-bond acceptors (Lipinski definition) is 4. The molecule has 98 valence electrons. The van der Waals surface area contributed by atoms with Crippen molar-refractivity contribution < 1.29 is 23.8 Å². The minimum absolute atomic E-state index is 0.0514. The molecule has 0 aliphatic carbocycles. The number of rotatable bonds is 4. The average molecular weight is 261 g/mol. The van der Waals surface area contributed by atoms with Gasteiger partial charge >= 0.3 is 5.97 Å². The number of ether oxygens (including phenoxy) is 1. The summed E-state index contributed by atoms with van der Waals surface area (Å²) in [7, 11) is 1.43. The van der Waals surface area contributed by atoms with Crippen LogP contribution in [-0.2, 0) is 0 Å². The number of hydrogen-bond donors (Lipinski definition) is 2. The molecule has 19 heavy (non-hydrogen) atoms. The van der Waals surface area contributed by atoms with E-state index in [9.17, 15) is 9.59 Å². The van der Waals surface area contributed by atoms with Gasteiger partial charge in [-0.3, -0.25) is 4.79 Å². The Morgan fingerprint density at radius 1 is 1.32 bits per heavy atom. The second-order valence-electron chi connectivity index (χ2n) is 3.65. The molecule has 0 bridgehead atoms. The van der Waals surface area contributed by atoms with Gasteiger partial charge in [-0.2, -0.15) is 0 Å². The Hall–Kier alpha value is -2.76. The van der Waals surface area contributed by atoms with E-state index in [1.165, 1.54) is 37.6 Å². The van der Waals surface area contributed by atoms with Crippen molar-refractivity contribution in [1.82, 2.24) is 0 Å². The Balaban J connectivity index is 2.30. The minimum atomic E-state index is -1.09. The molecule has 2 aromatic rings. The summed E-state index contributed by atoms with van der Waals surface area (Å²) in [6.07, 6.45) is 1.37. The number of benzene rings is 1. The molecule has 2 N–H and O–H groups in total. The maximum Gasteiger partial charge on any atom is 0.335 e. The van der Waals surface area contributed by atoms with Gasteiger partial charge in [-0.1, -0.05) is 0 Å². The second-order valence-corrected chi connectivity index (χ2v) is 3.65. The molecular formula is C13H11NO5. The molecule has 1 aromatic carbocycles. The standard InChI is InChI=1S/C13H11NO5/c1-18-10-5-4-8(13(16)17)7-9(10)14-12(15)11-3-2-6-19-11/h2-7H,1H3,(H,14,15)(H,16,17). The van der Waals surface area contributed by atoms with Crippen molar-refractivity contribution >= 4 is 17.6 Å². The van der Waals surface area contributed by atoms with E-state index in [1.807, 2.05) is 0 Å². The highest BCUT2D eigenvalue weighted by atomic mass is 16.5. The fraction of sp³-hybridized carbons (Fsp3) is 0.0769. The summed E-state index contributed by atoms with van der Waals surface area (Å²) in [4.78, 5) is 22.7. The number of amides is 1. The summed E-state index contributed by atoms with van der Waals surface area (Å²) in [5.74, 6) is -1.07. The summed E-state index contributed by atoms with van der Waals surface area (Å²) in [6, 6.07) is 7.27. The number of methoxy groups -OCH3 is 1. The number of carboxylic acids is 1. The summed E-state index contributed by atoms with van der Waals surface area (Å²) in [5, 5.41) is 11.5. The van der Waals surface area contributed by atoms with Crippen LogP contribution in [0.4, 0.5) is 5.69 Å². The number of carbonyl (C=O) groups is 2. The smallest absolute Gasteiger partial charge is 0.335 e. The van der Waals surface area contributed by atoms with E-state index in [0.29, 0.717) is 5.75 Å². The highest BCUT2D eigenvalue weighted by Crippen LogP contribution is 2.26. The van der Waals surface area contributed by atoms with Crippen molar-refractivity contribution in [3.63, 3.8) is 0 Å². The van der Waals surface area contributed by atoms with Crippen LogP contribution in [0.2, 0.25) is 0 Å². The number of aromatic carboxylic acids is 1. The zero-order valence-electron chi connectivity index (χ0n) is 10.0. The maximum absolute atomic E-state index is 11.8. The third-order valence-corrected chi connectivity index (χ3v) is 2.44. The van der Waals surface area contributed by atoms with Crippen molar-refractivity contribution in [2.75, 3.05) is 12.4 Å². The van der Waals surface area contributed by atoms with Gasteiger partial charge in [0, 0.05) is 0 Å². The topological polar surface area (TPSA) is 88.8 Å². The molecular weight excluding hydrogens is 250 g/mol. The van der Waals surface area contributed by atoms with Gasteiger partial charge in [-0.05, 0) is 30.3 Å². The first kappa shape index (κ1) is 12.7. The molecule has 0 aliphatic rings. The van der Waals surface area contributed by atoms with Gasteiger partial charge in [0.15, 0.2) is 5.76 Å². The van der Waals surface area contributed by atoms with E-state index in [0.717, 1.165) is 0 Å². The highest BCUT2D eigenvalue weighted by Gasteiger charge is 2.14. The molecule has 0 saturated heterocycles. The summed E-state index contributed by atoms with van der Waals surface area (Å²) < 4.78 is 10.0. The monoisotopic (exact) mass is 261 g/mol. The Bertz CT molecular complexity index is 604. The zero-order valence-corrected chi connectivity index (χ0v) is 10.0. The van der Waals surface area contributed by atoms with E-state index in [-0.39, 0.29) is 17.0 Å². The van der Waals surface area contributed by atoms with Crippen molar-refractivity contribution in [3.05, 3.63) is 47.9 Å². The Morgan fingerprint density at radius 3 is 2.68 bits per heavy atom. The van der Waals surface area contributed by atoms with E-state index >= 15 is 0 Å². The van der Waals surface area contributed by atoms with Crippen LogP contribution in [0, 0.1) is 0 Å². The zero-order chi connectivity index (χ0) is 13.8. The van der Waals surface area contributed by atoms with Crippen molar-refractivity contribution in [2.45, 2.75) is 0 Å². The van der Waals surface area contributed by atoms with Crippen LogP contribution in [0.3, 0.4) is 0 Å². The Labute approximate surface area is 108 Å². The lowest BCUT2D eigenvalue weighted by Gasteiger charge is -2.10. The Kier molecular flexibility index (Phi) is 3.51. The van der Waals surface area contributed by atoms with Gasteiger partial charge in [0.05, 0.1) is 24.6 Å². The van der Waals surface area contributed by atoms with Crippen molar-refractivity contribution in [3.8, 4) is 5.75 Å². The second kappa shape index (κ2) is 5.26. The van der Waals surface area contributed by atoms with Crippen LogP contribution >= 0.6 is 0 Å². The molecule has 0 unspecified atom stereocenters. The lowest BCUT2D eigenvalue weighted by molar-refractivity contribution is 0.0696. The molecule has 0 radical (unpaired) electrons. The quantitative estimate of drug-likeness (QED) is 0.881. The molecule has 2 rings (SSSR count). The SMILES string of the molecule is COc1ccc(C(=O)O)cc1NC(=O)c1ccco1. The number of anilines is 1. The molecule has 0 fully saturated rings. The van der Waals surface area contributed by atoms with Gasteiger partial charge in [-0.25, -0.2) is 4.79 Å². The molecule has 0 aliphatic heterocycles. The normalized spacial score (nSPS) is 9.95. The van der Waals surface area contributed by atoms with Gasteiger partial charge < -0.3 is 19.6 Å². The fourth-order valence-electron chi connectivity index (χ4n) is 1.53. The first-order valence-electron chi connectivity index (χ1n) is 5.38. The van der Waals surface area contributed by atoms with Crippen LogP contribution in [0.25, 0.3) is 0 Å². The van der Waals surface area contributed by atoms with E-state index < -0.39 is 11.9 Å². The van der Waals surface area contributed by atoms with Crippen LogP contribution < -0.4 is 10.1 Å². The first-order chi connectivity index (χ1) is 9.11. The number of carbonyl (C=O) groups excluding carboxylic acids is 1. The van der Waals surface area contributed by atoms with Gasteiger partial charge in [-0.15, -0.1) is 0 Å². The van der Waals surface area contributed by atoms with Crippen LogP contribution in [0.5, 0.6) is 5.75 Å². The highest BCUT2D eigenvalue weighted by molar-refractivity contribution is 6.03. The molecule has 1 amide bonds. The predicted octanol–water partition coefficient (Wildman–Crippen LogP) is 2.24. The van der Waals surface area contributed by atoms with Crippen molar-refractivity contribution in [1.29, 1.82) is 0 Å².